The third-order valence-electron chi connectivity index (χ3n) is 6.89. The van der Waals surface area contributed by atoms with E-state index in [1.807, 2.05) is 18.2 Å². The SMILES string of the molecule is CC(C)N1CCC(N2CCN(Cc3ccc4cccc(F)c4n3)C[C@@H]2CCO)CC1. The topological polar surface area (TPSA) is 42.8 Å². The standard InChI is InChI=1S/C24H35FN4O/c1-18(2)28-11-8-21(9-12-28)29-14-13-27(17-22(29)10-15-30)16-20-7-6-19-4-3-5-23(25)24(19)26-20/h3-7,18,21-22,30H,8-17H2,1-2H3/t22-/m0/s1. The summed E-state index contributed by atoms with van der Waals surface area (Å²) in [5.74, 6) is -0.259. The zero-order valence-corrected chi connectivity index (χ0v) is 18.3. The van der Waals surface area contributed by atoms with Crippen LogP contribution in [0.5, 0.6) is 0 Å². The summed E-state index contributed by atoms with van der Waals surface area (Å²) in [6.45, 7) is 10.8. The van der Waals surface area contributed by atoms with Gasteiger partial charge in [0.05, 0.1) is 5.69 Å². The third kappa shape index (κ3) is 4.83. The van der Waals surface area contributed by atoms with Crippen molar-refractivity contribution in [2.75, 3.05) is 39.3 Å². The van der Waals surface area contributed by atoms with Crippen molar-refractivity contribution in [3.63, 3.8) is 0 Å². The average molecular weight is 415 g/mol. The van der Waals surface area contributed by atoms with Crippen LogP contribution < -0.4 is 0 Å². The highest BCUT2D eigenvalue weighted by Gasteiger charge is 2.33. The highest BCUT2D eigenvalue weighted by Crippen LogP contribution is 2.25. The van der Waals surface area contributed by atoms with Crippen LogP contribution in [0.3, 0.4) is 0 Å². The van der Waals surface area contributed by atoms with E-state index >= 15 is 0 Å². The van der Waals surface area contributed by atoms with Gasteiger partial charge in [0, 0.05) is 56.3 Å². The fourth-order valence-corrected chi connectivity index (χ4v) is 5.17. The molecule has 4 rings (SSSR count). The summed E-state index contributed by atoms with van der Waals surface area (Å²) < 4.78 is 14.1. The van der Waals surface area contributed by atoms with Gasteiger partial charge in [-0.2, -0.15) is 0 Å². The number of hydrogen-bond donors (Lipinski definition) is 1. The van der Waals surface area contributed by atoms with Crippen LogP contribution in [0, 0.1) is 5.82 Å². The monoisotopic (exact) mass is 414 g/mol. The largest absolute Gasteiger partial charge is 0.396 e. The minimum absolute atomic E-state index is 0.222. The Hall–Kier alpha value is -1.60. The predicted octanol–water partition coefficient (Wildman–Crippen LogP) is 3.12. The lowest BCUT2D eigenvalue weighted by Crippen LogP contribution is -2.58. The molecular weight excluding hydrogens is 379 g/mol. The van der Waals surface area contributed by atoms with Crippen molar-refractivity contribution in [1.82, 2.24) is 19.7 Å². The fourth-order valence-electron chi connectivity index (χ4n) is 5.17. The number of para-hydroxylation sites is 1. The maximum Gasteiger partial charge on any atom is 0.149 e. The molecule has 0 radical (unpaired) electrons. The Labute approximate surface area is 179 Å². The summed E-state index contributed by atoms with van der Waals surface area (Å²) in [5, 5.41) is 10.5. The van der Waals surface area contributed by atoms with Crippen molar-refractivity contribution in [3.8, 4) is 0 Å². The van der Waals surface area contributed by atoms with Crippen LogP contribution in [0.25, 0.3) is 10.9 Å². The molecule has 1 atom stereocenters. The molecule has 1 N–H and O–H groups in total. The second kappa shape index (κ2) is 9.69. The van der Waals surface area contributed by atoms with Crippen LogP contribution in [0.1, 0.15) is 38.8 Å². The van der Waals surface area contributed by atoms with E-state index in [4.69, 9.17) is 0 Å². The number of piperidine rings is 1. The number of aromatic nitrogens is 1. The molecule has 1 aromatic heterocycles. The Balaban J connectivity index is 1.40. The molecule has 2 aromatic rings. The van der Waals surface area contributed by atoms with Crippen LogP contribution in [0.2, 0.25) is 0 Å². The van der Waals surface area contributed by atoms with Crippen molar-refractivity contribution in [2.45, 2.75) is 57.8 Å². The molecule has 0 unspecified atom stereocenters. The Morgan fingerprint density at radius 2 is 1.90 bits per heavy atom. The summed E-state index contributed by atoms with van der Waals surface area (Å²) in [7, 11) is 0. The van der Waals surface area contributed by atoms with Crippen LogP contribution in [0.15, 0.2) is 30.3 Å². The first kappa shape index (κ1) is 21.6. The van der Waals surface area contributed by atoms with Crippen LogP contribution in [-0.2, 0) is 6.54 Å². The summed E-state index contributed by atoms with van der Waals surface area (Å²) in [4.78, 5) is 12.2. The van der Waals surface area contributed by atoms with Gasteiger partial charge in [-0.05, 0) is 58.3 Å². The summed E-state index contributed by atoms with van der Waals surface area (Å²) in [5.41, 5.74) is 1.37. The molecule has 0 saturated carbocycles. The molecule has 2 fully saturated rings. The summed E-state index contributed by atoms with van der Waals surface area (Å²) >= 11 is 0. The number of pyridine rings is 1. The highest BCUT2D eigenvalue weighted by atomic mass is 19.1. The molecular formula is C24H35FN4O. The minimum atomic E-state index is -0.259. The Morgan fingerprint density at radius 3 is 2.63 bits per heavy atom. The maximum absolute atomic E-state index is 14.1. The van der Waals surface area contributed by atoms with Crippen LogP contribution >= 0.6 is 0 Å². The number of rotatable bonds is 6. The van der Waals surface area contributed by atoms with Crippen molar-refractivity contribution in [3.05, 3.63) is 41.8 Å². The van der Waals surface area contributed by atoms with Gasteiger partial charge in [-0.25, -0.2) is 9.37 Å². The zero-order valence-electron chi connectivity index (χ0n) is 18.3. The predicted molar refractivity (Wildman–Crippen MR) is 119 cm³/mol. The second-order valence-electron chi connectivity index (χ2n) is 9.11. The smallest absolute Gasteiger partial charge is 0.149 e. The van der Waals surface area contributed by atoms with E-state index < -0.39 is 0 Å². The van der Waals surface area contributed by atoms with E-state index in [2.05, 4.69) is 33.5 Å². The quantitative estimate of drug-likeness (QED) is 0.787. The van der Waals surface area contributed by atoms with Gasteiger partial charge < -0.3 is 10.0 Å². The van der Waals surface area contributed by atoms with Crippen molar-refractivity contribution in [1.29, 1.82) is 0 Å². The first-order valence-corrected chi connectivity index (χ1v) is 11.4. The van der Waals surface area contributed by atoms with E-state index in [1.54, 1.807) is 6.07 Å². The lowest BCUT2D eigenvalue weighted by atomic mass is 9.97. The molecule has 3 heterocycles. The van der Waals surface area contributed by atoms with Crippen molar-refractivity contribution < 1.29 is 9.50 Å². The van der Waals surface area contributed by atoms with Gasteiger partial charge in [-0.1, -0.05) is 18.2 Å². The number of halogens is 1. The Kier molecular flexibility index (Phi) is 6.98. The zero-order chi connectivity index (χ0) is 21.1. The van der Waals surface area contributed by atoms with E-state index in [9.17, 15) is 9.50 Å². The van der Waals surface area contributed by atoms with Crippen LogP contribution in [-0.4, -0.2) is 82.2 Å². The third-order valence-corrected chi connectivity index (χ3v) is 6.89. The van der Waals surface area contributed by atoms with E-state index in [0.717, 1.165) is 43.7 Å². The van der Waals surface area contributed by atoms with Crippen molar-refractivity contribution in [2.24, 2.45) is 0 Å². The fraction of sp³-hybridized carbons (Fsp3) is 0.625. The number of benzene rings is 1. The number of aliphatic hydroxyl groups is 1. The molecule has 5 nitrogen and oxygen atoms in total. The molecule has 6 heteroatoms. The Bertz CT molecular complexity index is 837. The lowest BCUT2D eigenvalue weighted by molar-refractivity contribution is -0.000317. The molecule has 1 aromatic carbocycles. The molecule has 0 aliphatic carbocycles. The summed E-state index contributed by atoms with van der Waals surface area (Å²) in [6.07, 6.45) is 3.23. The lowest BCUT2D eigenvalue weighted by Gasteiger charge is -2.48. The van der Waals surface area contributed by atoms with Gasteiger partial charge in [0.1, 0.15) is 11.3 Å². The van der Waals surface area contributed by atoms with Crippen LogP contribution in [0.4, 0.5) is 4.39 Å². The summed E-state index contributed by atoms with van der Waals surface area (Å²) in [6, 6.07) is 10.7. The van der Waals surface area contributed by atoms with Gasteiger partial charge in [0.2, 0.25) is 0 Å². The normalized spacial score (nSPS) is 22.9. The van der Waals surface area contributed by atoms with Gasteiger partial charge >= 0.3 is 0 Å². The molecule has 2 saturated heterocycles. The molecule has 0 amide bonds. The van der Waals surface area contributed by atoms with E-state index in [0.29, 0.717) is 23.6 Å². The minimum Gasteiger partial charge on any atom is -0.396 e. The number of fused-ring (bicyclic) bond motifs is 1. The number of likely N-dealkylation sites (tertiary alicyclic amines) is 1. The second-order valence-corrected chi connectivity index (χ2v) is 9.11. The highest BCUT2D eigenvalue weighted by molar-refractivity contribution is 5.79. The number of nitrogens with zero attached hydrogens (tertiary/aromatic N) is 4. The molecule has 30 heavy (non-hydrogen) atoms. The molecule has 2 aliphatic heterocycles. The van der Waals surface area contributed by atoms with E-state index in [1.165, 1.54) is 32.0 Å². The van der Waals surface area contributed by atoms with Gasteiger partial charge in [-0.3, -0.25) is 9.80 Å². The van der Waals surface area contributed by atoms with Gasteiger partial charge in [0.15, 0.2) is 0 Å². The number of piperazine rings is 1. The maximum atomic E-state index is 14.1. The van der Waals surface area contributed by atoms with Gasteiger partial charge in [0.25, 0.3) is 0 Å². The molecule has 0 spiro atoms. The Morgan fingerprint density at radius 1 is 1.10 bits per heavy atom. The first-order chi connectivity index (χ1) is 14.5. The first-order valence-electron chi connectivity index (χ1n) is 11.4. The average Bonchev–Trinajstić information content (AvgIpc) is 2.75. The molecule has 0 bridgehead atoms. The number of hydrogen-bond acceptors (Lipinski definition) is 5. The van der Waals surface area contributed by atoms with E-state index in [-0.39, 0.29) is 12.4 Å². The van der Waals surface area contributed by atoms with Gasteiger partial charge in [-0.15, -0.1) is 0 Å². The molecule has 2 aliphatic rings. The van der Waals surface area contributed by atoms with Crippen molar-refractivity contribution >= 4 is 10.9 Å². The number of aliphatic hydroxyl groups excluding tert-OH is 1. The molecule has 164 valence electrons.